The maximum atomic E-state index is 11.7. The van der Waals surface area contributed by atoms with Crippen LogP contribution in [-0.2, 0) is 6.54 Å². The summed E-state index contributed by atoms with van der Waals surface area (Å²) in [5.41, 5.74) is 2.96. The molecule has 0 bridgehead atoms. The Morgan fingerprint density at radius 1 is 1.14 bits per heavy atom. The Kier molecular flexibility index (Phi) is 11.1. The lowest BCUT2D eigenvalue weighted by atomic mass is 9.98. The van der Waals surface area contributed by atoms with Crippen molar-refractivity contribution >= 4 is 35.8 Å². The van der Waals surface area contributed by atoms with E-state index in [9.17, 15) is 4.79 Å². The number of aliphatic imine (C=N–C) groups is 1. The average Bonchev–Trinajstić information content (AvgIpc) is 2.75. The van der Waals surface area contributed by atoms with Crippen molar-refractivity contribution in [3.8, 4) is 5.75 Å². The second-order valence-corrected chi connectivity index (χ2v) is 6.59. The third-order valence-electron chi connectivity index (χ3n) is 4.65. The summed E-state index contributed by atoms with van der Waals surface area (Å²) in [5, 5.41) is 9.28. The van der Waals surface area contributed by atoms with Crippen LogP contribution in [0.25, 0.3) is 0 Å². The Labute approximate surface area is 190 Å². The summed E-state index contributed by atoms with van der Waals surface area (Å²) in [6.07, 6.45) is 0.985. The molecule has 158 valence electrons. The van der Waals surface area contributed by atoms with Crippen LogP contribution in [0.1, 0.15) is 40.7 Å². The van der Waals surface area contributed by atoms with Crippen LogP contribution >= 0.6 is 24.0 Å². The molecular weight excluding hydrogens is 479 g/mol. The number of rotatable bonds is 8. The fourth-order valence-electron chi connectivity index (χ4n) is 2.88. The van der Waals surface area contributed by atoms with E-state index in [4.69, 9.17) is 4.74 Å². The fraction of sp³-hybridized carbons (Fsp3) is 0.364. The van der Waals surface area contributed by atoms with Crippen LogP contribution in [0.5, 0.6) is 5.75 Å². The van der Waals surface area contributed by atoms with Gasteiger partial charge in [-0.1, -0.05) is 31.2 Å². The van der Waals surface area contributed by atoms with Gasteiger partial charge in [-0.3, -0.25) is 9.79 Å². The highest BCUT2D eigenvalue weighted by molar-refractivity contribution is 14.0. The molecule has 3 N–H and O–H groups in total. The molecule has 0 heterocycles. The van der Waals surface area contributed by atoms with Crippen LogP contribution in [0.3, 0.4) is 0 Å². The summed E-state index contributed by atoms with van der Waals surface area (Å²) in [6.45, 7) is 3.62. The van der Waals surface area contributed by atoms with E-state index >= 15 is 0 Å². The van der Waals surface area contributed by atoms with Gasteiger partial charge in [-0.15, -0.1) is 24.0 Å². The summed E-state index contributed by atoms with van der Waals surface area (Å²) in [6, 6.07) is 15.7. The molecule has 0 aliphatic rings. The van der Waals surface area contributed by atoms with Gasteiger partial charge in [-0.25, -0.2) is 0 Å². The second-order valence-electron chi connectivity index (χ2n) is 6.59. The Bertz CT molecular complexity index is 794. The number of hydrogen-bond acceptors (Lipinski definition) is 3. The normalized spacial score (nSPS) is 11.8. The molecule has 2 aromatic carbocycles. The second kappa shape index (κ2) is 13.0. The van der Waals surface area contributed by atoms with Crippen molar-refractivity contribution in [1.82, 2.24) is 16.0 Å². The van der Waals surface area contributed by atoms with E-state index in [1.54, 1.807) is 27.3 Å². The average molecular weight is 510 g/mol. The molecule has 6 nitrogen and oxygen atoms in total. The largest absolute Gasteiger partial charge is 0.497 e. The number of guanidine groups is 1. The number of ether oxygens (including phenoxy) is 1. The number of nitrogens with one attached hydrogen (secondary N) is 3. The first-order chi connectivity index (χ1) is 13.6. The molecule has 29 heavy (non-hydrogen) atoms. The number of amides is 1. The van der Waals surface area contributed by atoms with Gasteiger partial charge in [0.05, 0.1) is 7.11 Å². The molecule has 7 heteroatoms. The highest BCUT2D eigenvalue weighted by Gasteiger charge is 2.07. The number of methoxy groups -OCH3 is 1. The van der Waals surface area contributed by atoms with Gasteiger partial charge in [0.1, 0.15) is 5.75 Å². The van der Waals surface area contributed by atoms with Crippen molar-refractivity contribution in [3.05, 3.63) is 65.2 Å². The first kappa shape index (κ1) is 24.7. The summed E-state index contributed by atoms with van der Waals surface area (Å²) in [4.78, 5) is 16.0. The number of benzene rings is 2. The fourth-order valence-corrected chi connectivity index (χ4v) is 2.88. The molecule has 0 aliphatic heterocycles. The first-order valence-electron chi connectivity index (χ1n) is 9.46. The molecule has 0 radical (unpaired) electrons. The van der Waals surface area contributed by atoms with Crippen LogP contribution in [0.2, 0.25) is 0 Å². The molecule has 1 amide bonds. The van der Waals surface area contributed by atoms with Gasteiger partial charge in [-0.05, 0) is 47.7 Å². The van der Waals surface area contributed by atoms with Crippen LogP contribution in [-0.4, -0.2) is 39.6 Å². The molecule has 2 rings (SSSR count). The van der Waals surface area contributed by atoms with E-state index in [-0.39, 0.29) is 29.9 Å². The van der Waals surface area contributed by atoms with Crippen molar-refractivity contribution in [2.24, 2.45) is 4.99 Å². The number of nitrogens with zero attached hydrogens (tertiary/aromatic N) is 1. The van der Waals surface area contributed by atoms with E-state index in [0.29, 0.717) is 18.0 Å². The minimum atomic E-state index is -0.0862. The number of halogens is 1. The molecule has 0 fully saturated rings. The molecule has 0 saturated heterocycles. The zero-order valence-corrected chi connectivity index (χ0v) is 19.8. The van der Waals surface area contributed by atoms with E-state index in [0.717, 1.165) is 30.2 Å². The zero-order valence-electron chi connectivity index (χ0n) is 17.5. The van der Waals surface area contributed by atoms with E-state index in [2.05, 4.69) is 40.0 Å². The predicted octanol–water partition coefficient (Wildman–Crippen LogP) is 3.53. The Hall–Kier alpha value is -2.29. The van der Waals surface area contributed by atoms with Crippen molar-refractivity contribution in [2.45, 2.75) is 25.8 Å². The molecule has 0 spiro atoms. The predicted molar refractivity (Wildman–Crippen MR) is 129 cm³/mol. The lowest BCUT2D eigenvalue weighted by molar-refractivity contribution is 0.0963. The van der Waals surface area contributed by atoms with Crippen LogP contribution in [0.15, 0.2) is 53.5 Å². The molecule has 2 aromatic rings. The lowest BCUT2D eigenvalue weighted by Crippen LogP contribution is -2.37. The smallest absolute Gasteiger partial charge is 0.251 e. The SMILES string of the molecule is CN=C(NCCC(C)c1ccc(OC)cc1)NCc1cccc(C(=O)NC)c1.I. The maximum Gasteiger partial charge on any atom is 0.251 e. The van der Waals surface area contributed by atoms with Gasteiger partial charge in [0.15, 0.2) is 5.96 Å². The Morgan fingerprint density at radius 2 is 1.86 bits per heavy atom. The summed E-state index contributed by atoms with van der Waals surface area (Å²) in [7, 11) is 5.06. The molecule has 0 aromatic heterocycles. The highest BCUT2D eigenvalue weighted by Crippen LogP contribution is 2.21. The maximum absolute atomic E-state index is 11.7. The van der Waals surface area contributed by atoms with Gasteiger partial charge < -0.3 is 20.7 Å². The number of hydrogen-bond donors (Lipinski definition) is 3. The van der Waals surface area contributed by atoms with Crippen LogP contribution in [0, 0.1) is 0 Å². The minimum absolute atomic E-state index is 0. The minimum Gasteiger partial charge on any atom is -0.497 e. The Balaban J connectivity index is 0.00000420. The van der Waals surface area contributed by atoms with Crippen molar-refractivity contribution in [1.29, 1.82) is 0 Å². The number of carbonyl (C=O) groups excluding carboxylic acids is 1. The molecule has 0 saturated carbocycles. The van der Waals surface area contributed by atoms with Gasteiger partial charge in [0.25, 0.3) is 5.91 Å². The van der Waals surface area contributed by atoms with Crippen LogP contribution < -0.4 is 20.7 Å². The van der Waals surface area contributed by atoms with Crippen molar-refractivity contribution in [3.63, 3.8) is 0 Å². The molecule has 0 aliphatic carbocycles. The monoisotopic (exact) mass is 510 g/mol. The molecule has 1 unspecified atom stereocenters. The zero-order chi connectivity index (χ0) is 20.4. The lowest BCUT2D eigenvalue weighted by Gasteiger charge is -2.16. The third kappa shape index (κ3) is 7.92. The number of carbonyl (C=O) groups is 1. The standard InChI is InChI=1S/C22H30N4O2.HI/c1-16(18-8-10-20(28-4)11-9-18)12-13-25-22(24-3)26-15-17-6-5-7-19(14-17)21(27)23-2;/h5-11,14,16H,12-13,15H2,1-4H3,(H,23,27)(H2,24,25,26);1H. The first-order valence-corrected chi connectivity index (χ1v) is 9.46. The highest BCUT2D eigenvalue weighted by atomic mass is 127. The summed E-state index contributed by atoms with van der Waals surface area (Å²) < 4.78 is 5.21. The summed E-state index contributed by atoms with van der Waals surface area (Å²) >= 11 is 0. The van der Waals surface area contributed by atoms with Gasteiger partial charge in [-0.2, -0.15) is 0 Å². The molecular formula is C22H31IN4O2. The quantitative estimate of drug-likeness (QED) is 0.289. The van der Waals surface area contributed by atoms with Crippen molar-refractivity contribution < 1.29 is 9.53 Å². The Morgan fingerprint density at radius 3 is 2.48 bits per heavy atom. The van der Waals surface area contributed by atoms with Crippen molar-refractivity contribution in [2.75, 3.05) is 27.7 Å². The van der Waals surface area contributed by atoms with Gasteiger partial charge in [0.2, 0.25) is 0 Å². The van der Waals surface area contributed by atoms with Crippen LogP contribution in [0.4, 0.5) is 0 Å². The van der Waals surface area contributed by atoms with Gasteiger partial charge >= 0.3 is 0 Å². The third-order valence-corrected chi connectivity index (χ3v) is 4.65. The topological polar surface area (TPSA) is 74.8 Å². The van der Waals surface area contributed by atoms with E-state index < -0.39 is 0 Å². The van der Waals surface area contributed by atoms with E-state index in [1.165, 1.54) is 5.56 Å². The molecule has 1 atom stereocenters. The van der Waals surface area contributed by atoms with Gasteiger partial charge in [0, 0.05) is 32.7 Å². The van der Waals surface area contributed by atoms with E-state index in [1.807, 2.05) is 30.3 Å². The summed E-state index contributed by atoms with van der Waals surface area (Å²) in [5.74, 6) is 1.96.